The molecule has 1 saturated heterocycles. The van der Waals surface area contributed by atoms with Gasteiger partial charge in [0.1, 0.15) is 0 Å². The van der Waals surface area contributed by atoms with Gasteiger partial charge in [-0.05, 0) is 104 Å². The summed E-state index contributed by atoms with van der Waals surface area (Å²) in [6.45, 7) is 17.0. The summed E-state index contributed by atoms with van der Waals surface area (Å²) in [4.78, 5) is 0. The summed E-state index contributed by atoms with van der Waals surface area (Å²) in [5, 5.41) is 21.2. The van der Waals surface area contributed by atoms with E-state index >= 15 is 0 Å². The molecule has 5 aliphatic rings. The summed E-state index contributed by atoms with van der Waals surface area (Å²) in [6.07, 6.45) is 11.3. The average Bonchev–Trinajstić information content (AvgIpc) is 3.04. The number of aliphatic hydroxyl groups excluding tert-OH is 2. The Morgan fingerprint density at radius 2 is 1.58 bits per heavy atom. The van der Waals surface area contributed by atoms with E-state index in [9.17, 15) is 10.2 Å². The first-order valence-corrected chi connectivity index (χ1v) is 14.1. The molecule has 0 amide bonds. The first-order valence-electron chi connectivity index (χ1n) is 14.1. The molecule has 0 bridgehead atoms. The molecule has 188 valence electrons. The fraction of sp³-hybridized carbons (Fsp3) is 0.933. The van der Waals surface area contributed by atoms with Gasteiger partial charge in [0.2, 0.25) is 0 Å². The normalized spacial score (nSPS) is 52.6. The smallest absolute Gasteiger partial charge is 0.157 e. The van der Waals surface area contributed by atoms with Gasteiger partial charge in [-0.25, -0.2) is 0 Å². The van der Waals surface area contributed by atoms with Crippen molar-refractivity contribution in [3.05, 3.63) is 11.1 Å². The number of ether oxygens (including phenoxy) is 1. The van der Waals surface area contributed by atoms with Crippen LogP contribution in [0.2, 0.25) is 0 Å². The largest absolute Gasteiger partial charge is 0.393 e. The molecule has 2 N–H and O–H groups in total. The molecule has 3 nitrogen and oxygen atoms in total. The SMILES string of the molecule is C[C@H]([C@@H]1CC[C@H](C)[C@@H](O)O1)[C@H]1CC[C@@]2(C)C3=C(CC[C@]12C)[C@@]1(C)CC[C@@H](O)C(C)(C)[C@@H]1CC3. The van der Waals surface area contributed by atoms with Crippen molar-refractivity contribution in [3.63, 3.8) is 0 Å². The topological polar surface area (TPSA) is 49.7 Å². The first kappa shape index (κ1) is 24.3. The Balaban J connectivity index is 1.46. The lowest BCUT2D eigenvalue weighted by atomic mass is 9.43. The van der Waals surface area contributed by atoms with Crippen LogP contribution in [0.25, 0.3) is 0 Å². The molecule has 3 fully saturated rings. The number of aliphatic hydroxyl groups is 2. The third-order valence-electron chi connectivity index (χ3n) is 12.7. The molecule has 33 heavy (non-hydrogen) atoms. The monoisotopic (exact) mass is 458 g/mol. The first-order chi connectivity index (χ1) is 15.4. The highest BCUT2D eigenvalue weighted by atomic mass is 16.6. The average molecular weight is 459 g/mol. The van der Waals surface area contributed by atoms with E-state index in [0.29, 0.717) is 23.2 Å². The second-order valence-corrected chi connectivity index (χ2v) is 14.2. The van der Waals surface area contributed by atoms with E-state index in [4.69, 9.17) is 4.74 Å². The summed E-state index contributed by atoms with van der Waals surface area (Å²) in [5.74, 6) is 2.01. The van der Waals surface area contributed by atoms with Gasteiger partial charge in [0.05, 0.1) is 12.2 Å². The van der Waals surface area contributed by atoms with E-state index in [-0.39, 0.29) is 34.4 Å². The van der Waals surface area contributed by atoms with Gasteiger partial charge in [0.25, 0.3) is 0 Å². The summed E-state index contributed by atoms with van der Waals surface area (Å²) in [5.41, 5.74) is 4.48. The van der Waals surface area contributed by atoms with Crippen LogP contribution in [-0.2, 0) is 4.74 Å². The summed E-state index contributed by atoms with van der Waals surface area (Å²) >= 11 is 0. The zero-order chi connectivity index (χ0) is 24.0. The predicted octanol–water partition coefficient (Wildman–Crippen LogP) is 6.87. The van der Waals surface area contributed by atoms with E-state index in [1.165, 1.54) is 38.5 Å². The molecule has 0 aromatic carbocycles. The number of hydrogen-bond acceptors (Lipinski definition) is 3. The number of hydrogen-bond donors (Lipinski definition) is 2. The fourth-order valence-corrected chi connectivity index (χ4v) is 10.2. The minimum Gasteiger partial charge on any atom is -0.393 e. The lowest BCUT2D eigenvalue weighted by molar-refractivity contribution is -0.209. The molecule has 0 radical (unpaired) electrons. The maximum Gasteiger partial charge on any atom is 0.157 e. The molecule has 0 aromatic heterocycles. The zero-order valence-corrected chi connectivity index (χ0v) is 22.4. The van der Waals surface area contributed by atoms with Gasteiger partial charge in [0, 0.05) is 5.92 Å². The molecule has 0 spiro atoms. The highest BCUT2D eigenvalue weighted by Crippen LogP contribution is 2.72. The van der Waals surface area contributed by atoms with Crippen LogP contribution in [0.15, 0.2) is 11.1 Å². The molecule has 1 aliphatic heterocycles. The number of allylic oxidation sites excluding steroid dienone is 2. The number of rotatable bonds is 2. The van der Waals surface area contributed by atoms with E-state index in [0.717, 1.165) is 25.7 Å². The minimum absolute atomic E-state index is 0.0101. The van der Waals surface area contributed by atoms with E-state index in [1.807, 2.05) is 5.57 Å². The van der Waals surface area contributed by atoms with Crippen LogP contribution in [-0.4, -0.2) is 28.7 Å². The predicted molar refractivity (Wildman–Crippen MR) is 133 cm³/mol. The van der Waals surface area contributed by atoms with Crippen LogP contribution in [0, 0.1) is 45.3 Å². The molecular weight excluding hydrogens is 408 g/mol. The van der Waals surface area contributed by atoms with Gasteiger partial charge in [0.15, 0.2) is 6.29 Å². The van der Waals surface area contributed by atoms with Crippen molar-refractivity contribution in [3.8, 4) is 0 Å². The van der Waals surface area contributed by atoms with Crippen LogP contribution in [0.3, 0.4) is 0 Å². The van der Waals surface area contributed by atoms with E-state index in [2.05, 4.69) is 48.5 Å². The van der Waals surface area contributed by atoms with Crippen LogP contribution >= 0.6 is 0 Å². The lowest BCUT2D eigenvalue weighted by Gasteiger charge is -2.62. The van der Waals surface area contributed by atoms with Gasteiger partial charge in [-0.3, -0.25) is 0 Å². The summed E-state index contributed by atoms with van der Waals surface area (Å²) in [6, 6.07) is 0. The molecule has 1 heterocycles. The maximum absolute atomic E-state index is 10.8. The molecule has 3 heteroatoms. The number of fused-ring (bicyclic) bond motifs is 4. The standard InChI is InChI=1S/C30H50O3/c1-18-8-10-23(33-26(18)32)19(2)20-12-16-30(7)22-9-11-24-27(3,4)25(31)14-15-28(24,5)21(22)13-17-29(20,30)6/h18-20,23-26,31-32H,8-17H2,1-7H3/t18-,19-,20+,23-,24-,25+,26-,28+,29+,30-/m0/s1. The molecule has 5 rings (SSSR count). The van der Waals surface area contributed by atoms with E-state index < -0.39 is 6.29 Å². The quantitative estimate of drug-likeness (QED) is 0.444. The van der Waals surface area contributed by atoms with Crippen LogP contribution in [0.5, 0.6) is 0 Å². The highest BCUT2D eigenvalue weighted by Gasteiger charge is 2.63. The molecule has 2 saturated carbocycles. The van der Waals surface area contributed by atoms with Crippen molar-refractivity contribution in [1.82, 2.24) is 0 Å². The third kappa shape index (κ3) is 3.23. The Bertz CT molecular complexity index is 815. The Morgan fingerprint density at radius 1 is 0.848 bits per heavy atom. The highest BCUT2D eigenvalue weighted by molar-refractivity contribution is 5.38. The Labute approximate surface area is 202 Å². The second kappa shape index (κ2) is 7.81. The van der Waals surface area contributed by atoms with Crippen molar-refractivity contribution in [2.45, 2.75) is 131 Å². The van der Waals surface area contributed by atoms with Gasteiger partial charge < -0.3 is 14.9 Å². The van der Waals surface area contributed by atoms with Crippen LogP contribution in [0.4, 0.5) is 0 Å². The fourth-order valence-electron chi connectivity index (χ4n) is 10.2. The zero-order valence-electron chi connectivity index (χ0n) is 22.4. The van der Waals surface area contributed by atoms with Crippen molar-refractivity contribution in [1.29, 1.82) is 0 Å². The molecule has 0 aromatic rings. The molecule has 4 aliphatic carbocycles. The van der Waals surface area contributed by atoms with E-state index in [1.54, 1.807) is 5.57 Å². The van der Waals surface area contributed by atoms with Gasteiger partial charge in [-0.15, -0.1) is 0 Å². The molecule has 10 atom stereocenters. The maximum atomic E-state index is 10.8. The van der Waals surface area contributed by atoms with Gasteiger partial charge in [-0.2, -0.15) is 0 Å². The summed E-state index contributed by atoms with van der Waals surface area (Å²) in [7, 11) is 0. The van der Waals surface area contributed by atoms with Crippen molar-refractivity contribution >= 4 is 0 Å². The molecule has 0 unspecified atom stereocenters. The van der Waals surface area contributed by atoms with Gasteiger partial charge in [-0.1, -0.05) is 59.6 Å². The third-order valence-corrected chi connectivity index (χ3v) is 12.7. The minimum atomic E-state index is -0.590. The van der Waals surface area contributed by atoms with Crippen LogP contribution < -0.4 is 0 Å². The van der Waals surface area contributed by atoms with Crippen molar-refractivity contribution in [2.24, 2.45) is 45.3 Å². The second-order valence-electron chi connectivity index (χ2n) is 14.2. The van der Waals surface area contributed by atoms with Crippen molar-refractivity contribution in [2.75, 3.05) is 0 Å². The van der Waals surface area contributed by atoms with Crippen molar-refractivity contribution < 1.29 is 14.9 Å². The Morgan fingerprint density at radius 3 is 2.27 bits per heavy atom. The lowest BCUT2D eigenvalue weighted by Crippen LogP contribution is -2.55. The molecular formula is C30H50O3. The van der Waals surface area contributed by atoms with Crippen LogP contribution in [0.1, 0.15) is 113 Å². The Kier molecular flexibility index (Phi) is 5.75. The summed E-state index contributed by atoms with van der Waals surface area (Å²) < 4.78 is 6.18. The van der Waals surface area contributed by atoms with Gasteiger partial charge >= 0.3 is 0 Å². The Hall–Kier alpha value is -0.380.